The van der Waals surface area contributed by atoms with Crippen LogP contribution in [0.25, 0.3) is 0 Å². The number of hydrogen-bond donors (Lipinski definition) is 1. The van der Waals surface area contributed by atoms with Gasteiger partial charge in [0.15, 0.2) is 11.6 Å². The van der Waals surface area contributed by atoms with Crippen molar-refractivity contribution in [3.63, 3.8) is 0 Å². The fraction of sp³-hybridized carbons (Fsp3) is 0.250. The van der Waals surface area contributed by atoms with Gasteiger partial charge in [-0.25, -0.2) is 4.39 Å². The number of halogens is 1. The van der Waals surface area contributed by atoms with Crippen molar-refractivity contribution in [3.8, 4) is 5.75 Å². The molecule has 2 heterocycles. The molecule has 1 fully saturated rings. The molecule has 1 saturated heterocycles. The van der Waals surface area contributed by atoms with Crippen LogP contribution in [-0.4, -0.2) is 54.9 Å². The Morgan fingerprint density at radius 2 is 1.81 bits per heavy atom. The number of carbonyl (C=O) groups is 2. The van der Waals surface area contributed by atoms with Crippen molar-refractivity contribution in [2.45, 2.75) is 6.54 Å². The summed E-state index contributed by atoms with van der Waals surface area (Å²) >= 11 is 1.38. The van der Waals surface area contributed by atoms with Crippen LogP contribution in [0.1, 0.15) is 25.6 Å². The van der Waals surface area contributed by atoms with E-state index in [1.165, 1.54) is 24.5 Å². The van der Waals surface area contributed by atoms with E-state index in [0.717, 1.165) is 5.56 Å². The van der Waals surface area contributed by atoms with Crippen LogP contribution in [-0.2, 0) is 6.54 Å². The summed E-state index contributed by atoms with van der Waals surface area (Å²) in [5.41, 5.74) is 2.12. The number of benzene rings is 2. The number of hydrogen-bond acceptors (Lipinski definition) is 5. The number of methoxy groups -OCH3 is 1. The summed E-state index contributed by atoms with van der Waals surface area (Å²) in [6.45, 7) is 3.27. The van der Waals surface area contributed by atoms with Gasteiger partial charge in [-0.1, -0.05) is 12.1 Å². The van der Waals surface area contributed by atoms with Crippen molar-refractivity contribution >= 4 is 28.8 Å². The van der Waals surface area contributed by atoms with Gasteiger partial charge in [-0.15, -0.1) is 11.3 Å². The number of thiophene rings is 1. The molecule has 2 amide bonds. The van der Waals surface area contributed by atoms with Crippen LogP contribution < -0.4 is 10.1 Å². The first-order valence-electron chi connectivity index (χ1n) is 10.3. The van der Waals surface area contributed by atoms with Gasteiger partial charge in [0.1, 0.15) is 0 Å². The van der Waals surface area contributed by atoms with Crippen molar-refractivity contribution in [2.75, 3.05) is 38.6 Å². The van der Waals surface area contributed by atoms with Gasteiger partial charge in [0.05, 0.1) is 12.0 Å². The molecule has 8 heteroatoms. The zero-order valence-corrected chi connectivity index (χ0v) is 18.5. The lowest BCUT2D eigenvalue weighted by atomic mass is 10.1. The standard InChI is InChI=1S/C24H24FN3O3S/c1-31-21-9-4-17(15-20(21)25)16-27-10-12-28(13-11-27)24(30)18-5-7-19(8-6-18)26-23(29)22-3-2-14-32-22/h2-9,14-15H,10-13,16H2,1H3,(H,26,29). The summed E-state index contributed by atoms with van der Waals surface area (Å²) < 4.78 is 18.9. The van der Waals surface area contributed by atoms with Gasteiger partial charge >= 0.3 is 0 Å². The first kappa shape index (κ1) is 22.0. The minimum Gasteiger partial charge on any atom is -0.494 e. The summed E-state index contributed by atoms with van der Waals surface area (Å²) in [5, 5.41) is 4.69. The number of amides is 2. The van der Waals surface area contributed by atoms with Crippen LogP contribution in [0.5, 0.6) is 5.75 Å². The lowest BCUT2D eigenvalue weighted by Crippen LogP contribution is -2.48. The van der Waals surface area contributed by atoms with E-state index in [1.807, 2.05) is 22.4 Å². The van der Waals surface area contributed by atoms with E-state index in [2.05, 4.69) is 10.2 Å². The molecule has 1 aliphatic heterocycles. The van der Waals surface area contributed by atoms with Gasteiger partial charge < -0.3 is 15.0 Å². The molecular weight excluding hydrogens is 429 g/mol. The van der Waals surface area contributed by atoms with Crippen molar-refractivity contribution in [3.05, 3.63) is 81.8 Å². The molecule has 0 saturated carbocycles. The number of nitrogens with zero attached hydrogens (tertiary/aromatic N) is 2. The average Bonchev–Trinajstić information content (AvgIpc) is 3.35. The Balaban J connectivity index is 1.29. The van der Waals surface area contributed by atoms with Gasteiger partial charge in [0, 0.05) is 44.0 Å². The lowest BCUT2D eigenvalue weighted by molar-refractivity contribution is 0.0628. The second kappa shape index (κ2) is 9.93. The molecule has 166 valence electrons. The van der Waals surface area contributed by atoms with Crippen LogP contribution in [0.4, 0.5) is 10.1 Å². The smallest absolute Gasteiger partial charge is 0.265 e. The highest BCUT2D eigenvalue weighted by atomic mass is 32.1. The zero-order chi connectivity index (χ0) is 22.5. The van der Waals surface area contributed by atoms with Crippen molar-refractivity contribution < 1.29 is 18.7 Å². The molecule has 1 N–H and O–H groups in total. The van der Waals surface area contributed by atoms with E-state index in [9.17, 15) is 14.0 Å². The number of carbonyl (C=O) groups excluding carboxylic acids is 2. The molecule has 32 heavy (non-hydrogen) atoms. The Morgan fingerprint density at radius 1 is 1.06 bits per heavy atom. The van der Waals surface area contributed by atoms with E-state index in [0.29, 0.717) is 48.9 Å². The number of nitrogens with one attached hydrogen (secondary N) is 1. The molecule has 0 aliphatic carbocycles. The summed E-state index contributed by atoms with van der Waals surface area (Å²) in [6.07, 6.45) is 0. The molecule has 0 radical (unpaired) electrons. The second-order valence-electron chi connectivity index (χ2n) is 7.55. The fourth-order valence-electron chi connectivity index (χ4n) is 3.65. The maximum absolute atomic E-state index is 13.9. The Bertz CT molecular complexity index is 1080. The molecule has 1 aliphatic rings. The minimum absolute atomic E-state index is 0.0312. The molecule has 6 nitrogen and oxygen atoms in total. The first-order valence-corrected chi connectivity index (χ1v) is 11.2. The van der Waals surface area contributed by atoms with Crippen LogP contribution in [0.2, 0.25) is 0 Å². The predicted octanol–water partition coefficient (Wildman–Crippen LogP) is 4.11. The Labute approximate surface area is 190 Å². The first-order chi connectivity index (χ1) is 15.5. The highest BCUT2D eigenvalue weighted by Gasteiger charge is 2.22. The number of ether oxygens (including phenoxy) is 1. The minimum atomic E-state index is -0.367. The van der Waals surface area contributed by atoms with E-state index in [-0.39, 0.29) is 23.4 Å². The van der Waals surface area contributed by atoms with Crippen LogP contribution in [0, 0.1) is 5.82 Å². The maximum Gasteiger partial charge on any atom is 0.265 e. The van der Waals surface area contributed by atoms with Gasteiger partial charge in [-0.3, -0.25) is 14.5 Å². The summed E-state index contributed by atoms with van der Waals surface area (Å²) in [6, 6.07) is 15.5. The molecule has 0 unspecified atom stereocenters. The third-order valence-corrected chi connectivity index (χ3v) is 6.29. The Kier molecular flexibility index (Phi) is 6.82. The Hall–Kier alpha value is -3.23. The monoisotopic (exact) mass is 453 g/mol. The van der Waals surface area contributed by atoms with E-state index in [4.69, 9.17) is 4.74 Å². The highest BCUT2D eigenvalue weighted by molar-refractivity contribution is 7.12. The second-order valence-corrected chi connectivity index (χ2v) is 8.49. The molecule has 0 bridgehead atoms. The number of rotatable bonds is 6. The predicted molar refractivity (Wildman–Crippen MR) is 123 cm³/mol. The molecule has 4 rings (SSSR count). The molecule has 0 atom stereocenters. The molecule has 3 aromatic rings. The zero-order valence-electron chi connectivity index (χ0n) is 17.7. The summed E-state index contributed by atoms with van der Waals surface area (Å²) in [7, 11) is 1.45. The summed E-state index contributed by atoms with van der Waals surface area (Å²) in [5.74, 6) is -0.321. The van der Waals surface area contributed by atoms with Gasteiger partial charge in [-0.05, 0) is 53.4 Å². The number of anilines is 1. The molecule has 0 spiro atoms. The SMILES string of the molecule is COc1ccc(CN2CCN(C(=O)c3ccc(NC(=O)c4cccs4)cc3)CC2)cc1F. The summed E-state index contributed by atoms with van der Waals surface area (Å²) in [4.78, 5) is 29.7. The van der Waals surface area contributed by atoms with E-state index >= 15 is 0 Å². The van der Waals surface area contributed by atoms with Crippen molar-refractivity contribution in [1.82, 2.24) is 9.80 Å². The van der Waals surface area contributed by atoms with Crippen LogP contribution in [0.15, 0.2) is 60.0 Å². The molecule has 1 aromatic heterocycles. The topological polar surface area (TPSA) is 61.9 Å². The van der Waals surface area contributed by atoms with Crippen LogP contribution in [0.3, 0.4) is 0 Å². The largest absolute Gasteiger partial charge is 0.494 e. The normalized spacial score (nSPS) is 14.2. The highest BCUT2D eigenvalue weighted by Crippen LogP contribution is 2.20. The fourth-order valence-corrected chi connectivity index (χ4v) is 4.27. The maximum atomic E-state index is 13.9. The van der Waals surface area contributed by atoms with Crippen LogP contribution >= 0.6 is 11.3 Å². The van der Waals surface area contributed by atoms with Gasteiger partial charge in [0.25, 0.3) is 11.8 Å². The average molecular weight is 454 g/mol. The Morgan fingerprint density at radius 3 is 2.44 bits per heavy atom. The quantitative estimate of drug-likeness (QED) is 0.610. The molecule has 2 aromatic carbocycles. The number of piperazine rings is 1. The van der Waals surface area contributed by atoms with E-state index < -0.39 is 0 Å². The van der Waals surface area contributed by atoms with Gasteiger partial charge in [-0.2, -0.15) is 0 Å². The third kappa shape index (κ3) is 5.15. The van der Waals surface area contributed by atoms with Crippen molar-refractivity contribution in [2.24, 2.45) is 0 Å². The van der Waals surface area contributed by atoms with Crippen molar-refractivity contribution in [1.29, 1.82) is 0 Å². The lowest BCUT2D eigenvalue weighted by Gasteiger charge is -2.34. The molecular formula is C24H24FN3O3S. The van der Waals surface area contributed by atoms with E-state index in [1.54, 1.807) is 36.4 Å². The van der Waals surface area contributed by atoms with Gasteiger partial charge in [0.2, 0.25) is 0 Å². The third-order valence-electron chi connectivity index (χ3n) is 5.42.